The van der Waals surface area contributed by atoms with Crippen LogP contribution < -0.4 is 5.32 Å². The van der Waals surface area contributed by atoms with Gasteiger partial charge in [0.1, 0.15) is 5.75 Å². The Morgan fingerprint density at radius 2 is 1.90 bits per heavy atom. The molecule has 0 aliphatic heterocycles. The Labute approximate surface area is 117 Å². The van der Waals surface area contributed by atoms with E-state index in [9.17, 15) is 5.11 Å². The number of benzene rings is 2. The van der Waals surface area contributed by atoms with E-state index in [-0.39, 0.29) is 5.75 Å². The summed E-state index contributed by atoms with van der Waals surface area (Å²) in [6.07, 6.45) is 3.83. The van der Waals surface area contributed by atoms with Gasteiger partial charge in [-0.3, -0.25) is 0 Å². The summed E-state index contributed by atoms with van der Waals surface area (Å²) in [5.41, 5.74) is 3.01. The molecular weight excluding hydrogens is 250 g/mol. The zero-order valence-corrected chi connectivity index (χ0v) is 10.9. The Hall–Kier alpha value is -2.75. The zero-order chi connectivity index (χ0) is 13.8. The van der Waals surface area contributed by atoms with Crippen molar-refractivity contribution in [3.05, 3.63) is 72.6 Å². The van der Waals surface area contributed by atoms with Gasteiger partial charge in [0.2, 0.25) is 0 Å². The van der Waals surface area contributed by atoms with Crippen molar-refractivity contribution in [2.75, 3.05) is 5.32 Å². The lowest BCUT2D eigenvalue weighted by atomic mass is 10.3. The van der Waals surface area contributed by atoms with Crippen LogP contribution in [-0.2, 0) is 6.54 Å². The van der Waals surface area contributed by atoms with Gasteiger partial charge in [0.15, 0.2) is 0 Å². The van der Waals surface area contributed by atoms with Crippen LogP contribution in [0, 0.1) is 0 Å². The number of para-hydroxylation sites is 1. The molecule has 0 aliphatic rings. The number of hydrogen-bond acceptors (Lipinski definition) is 3. The van der Waals surface area contributed by atoms with E-state index in [1.54, 1.807) is 12.1 Å². The third-order valence-corrected chi connectivity index (χ3v) is 3.00. The Morgan fingerprint density at radius 3 is 2.70 bits per heavy atom. The third kappa shape index (κ3) is 2.80. The van der Waals surface area contributed by atoms with Gasteiger partial charge in [-0.2, -0.15) is 5.10 Å². The number of phenolic OH excluding ortho intramolecular Hbond substituents is 1. The second kappa shape index (κ2) is 5.48. The summed E-state index contributed by atoms with van der Waals surface area (Å²) in [5, 5.41) is 17.0. The lowest BCUT2D eigenvalue weighted by molar-refractivity contribution is 0.475. The summed E-state index contributed by atoms with van der Waals surface area (Å²) in [6, 6.07) is 17.1. The largest absolute Gasteiger partial charge is 0.508 e. The predicted molar refractivity (Wildman–Crippen MR) is 79.0 cm³/mol. The van der Waals surface area contributed by atoms with Crippen molar-refractivity contribution < 1.29 is 5.11 Å². The van der Waals surface area contributed by atoms with Crippen LogP contribution in [0.5, 0.6) is 5.75 Å². The molecule has 0 saturated carbocycles. The first-order valence-corrected chi connectivity index (χ1v) is 6.43. The van der Waals surface area contributed by atoms with E-state index in [1.807, 2.05) is 59.5 Å². The van der Waals surface area contributed by atoms with E-state index < -0.39 is 0 Å². The number of rotatable bonds is 4. The number of aromatic nitrogens is 2. The molecule has 4 nitrogen and oxygen atoms in total. The van der Waals surface area contributed by atoms with Gasteiger partial charge in [0.05, 0.1) is 11.9 Å². The molecule has 0 bridgehead atoms. The van der Waals surface area contributed by atoms with Gasteiger partial charge < -0.3 is 10.4 Å². The second-order valence-electron chi connectivity index (χ2n) is 4.53. The quantitative estimate of drug-likeness (QED) is 0.761. The maximum absolute atomic E-state index is 9.41. The Kier molecular flexibility index (Phi) is 3.37. The topological polar surface area (TPSA) is 50.1 Å². The summed E-state index contributed by atoms with van der Waals surface area (Å²) >= 11 is 0. The van der Waals surface area contributed by atoms with E-state index in [0.717, 1.165) is 16.9 Å². The molecule has 0 aliphatic carbocycles. The van der Waals surface area contributed by atoms with Gasteiger partial charge in [-0.1, -0.05) is 24.3 Å². The average molecular weight is 265 g/mol. The van der Waals surface area contributed by atoms with Gasteiger partial charge >= 0.3 is 0 Å². The summed E-state index contributed by atoms with van der Waals surface area (Å²) in [6.45, 7) is 0.663. The highest BCUT2D eigenvalue weighted by atomic mass is 16.3. The lowest BCUT2D eigenvalue weighted by Crippen LogP contribution is -1.98. The van der Waals surface area contributed by atoms with Gasteiger partial charge in [-0.25, -0.2) is 4.68 Å². The molecule has 0 spiro atoms. The molecule has 1 aromatic heterocycles. The fourth-order valence-corrected chi connectivity index (χ4v) is 1.99. The molecule has 3 rings (SSSR count). The van der Waals surface area contributed by atoms with Crippen LogP contribution in [0.1, 0.15) is 5.56 Å². The Bertz CT molecular complexity index is 692. The molecule has 0 saturated heterocycles. The molecule has 0 atom stereocenters. The Morgan fingerprint density at radius 1 is 1.05 bits per heavy atom. The minimum Gasteiger partial charge on any atom is -0.508 e. The highest BCUT2D eigenvalue weighted by Crippen LogP contribution is 2.16. The normalized spacial score (nSPS) is 10.4. The number of nitrogens with one attached hydrogen (secondary N) is 1. The van der Waals surface area contributed by atoms with Crippen LogP contribution in [0.4, 0.5) is 5.69 Å². The highest BCUT2D eigenvalue weighted by molar-refractivity contribution is 5.48. The van der Waals surface area contributed by atoms with Gasteiger partial charge in [-0.15, -0.1) is 0 Å². The summed E-state index contributed by atoms with van der Waals surface area (Å²) < 4.78 is 1.85. The first-order chi connectivity index (χ1) is 9.81. The Balaban J connectivity index is 1.69. The van der Waals surface area contributed by atoms with E-state index in [4.69, 9.17) is 0 Å². The molecule has 2 aromatic carbocycles. The first-order valence-electron chi connectivity index (χ1n) is 6.43. The molecule has 4 heteroatoms. The maximum atomic E-state index is 9.41. The monoisotopic (exact) mass is 265 g/mol. The van der Waals surface area contributed by atoms with Gasteiger partial charge in [0, 0.05) is 30.1 Å². The molecule has 0 amide bonds. The van der Waals surface area contributed by atoms with Crippen LogP contribution in [0.2, 0.25) is 0 Å². The molecular formula is C16H15N3O. The van der Waals surface area contributed by atoms with Crippen molar-refractivity contribution >= 4 is 5.69 Å². The average Bonchev–Trinajstić information content (AvgIpc) is 2.95. The van der Waals surface area contributed by atoms with Crippen molar-refractivity contribution in [3.8, 4) is 11.4 Å². The molecule has 20 heavy (non-hydrogen) atoms. The number of anilines is 1. The molecule has 0 radical (unpaired) electrons. The van der Waals surface area contributed by atoms with Crippen molar-refractivity contribution in [1.82, 2.24) is 9.78 Å². The number of hydrogen-bond donors (Lipinski definition) is 2. The molecule has 3 aromatic rings. The van der Waals surface area contributed by atoms with Gasteiger partial charge in [0.25, 0.3) is 0 Å². The van der Waals surface area contributed by atoms with Crippen LogP contribution in [0.25, 0.3) is 5.69 Å². The van der Waals surface area contributed by atoms with Crippen molar-refractivity contribution in [2.45, 2.75) is 6.54 Å². The van der Waals surface area contributed by atoms with E-state index in [1.165, 1.54) is 0 Å². The van der Waals surface area contributed by atoms with Crippen molar-refractivity contribution in [1.29, 1.82) is 0 Å². The summed E-state index contributed by atoms with van der Waals surface area (Å²) in [5.74, 6) is 0.259. The summed E-state index contributed by atoms with van der Waals surface area (Å²) in [7, 11) is 0. The van der Waals surface area contributed by atoms with Gasteiger partial charge in [-0.05, 0) is 24.3 Å². The highest BCUT2D eigenvalue weighted by Gasteiger charge is 2.01. The SMILES string of the molecule is Oc1cccc(NCc2cnn(-c3ccccc3)c2)c1. The maximum Gasteiger partial charge on any atom is 0.117 e. The van der Waals surface area contributed by atoms with Crippen molar-refractivity contribution in [2.24, 2.45) is 0 Å². The van der Waals surface area contributed by atoms with Crippen LogP contribution in [-0.4, -0.2) is 14.9 Å². The van der Waals surface area contributed by atoms with E-state index in [2.05, 4.69) is 10.4 Å². The fraction of sp³-hybridized carbons (Fsp3) is 0.0625. The van der Waals surface area contributed by atoms with Crippen molar-refractivity contribution in [3.63, 3.8) is 0 Å². The second-order valence-corrected chi connectivity index (χ2v) is 4.53. The molecule has 0 unspecified atom stereocenters. The number of aromatic hydroxyl groups is 1. The first kappa shape index (κ1) is 12.3. The standard InChI is InChI=1S/C16H15N3O/c20-16-8-4-5-14(9-16)17-10-13-11-18-19(12-13)15-6-2-1-3-7-15/h1-9,11-12,17,20H,10H2. The van der Waals surface area contributed by atoms with E-state index >= 15 is 0 Å². The fourth-order valence-electron chi connectivity index (χ4n) is 1.99. The minimum atomic E-state index is 0.259. The predicted octanol–water partition coefficient (Wildman–Crippen LogP) is 3.19. The molecule has 100 valence electrons. The van der Waals surface area contributed by atoms with Crippen LogP contribution in [0.3, 0.4) is 0 Å². The number of nitrogens with zero attached hydrogens (tertiary/aromatic N) is 2. The van der Waals surface area contributed by atoms with Crippen LogP contribution >= 0.6 is 0 Å². The molecule has 0 fully saturated rings. The lowest BCUT2D eigenvalue weighted by Gasteiger charge is -2.04. The third-order valence-electron chi connectivity index (χ3n) is 3.00. The summed E-state index contributed by atoms with van der Waals surface area (Å²) in [4.78, 5) is 0. The molecule has 2 N–H and O–H groups in total. The van der Waals surface area contributed by atoms with E-state index in [0.29, 0.717) is 6.54 Å². The molecule has 1 heterocycles. The smallest absolute Gasteiger partial charge is 0.117 e. The van der Waals surface area contributed by atoms with Crippen LogP contribution in [0.15, 0.2) is 67.0 Å². The minimum absolute atomic E-state index is 0.259. The zero-order valence-electron chi connectivity index (χ0n) is 10.9. The number of phenols is 1.